The van der Waals surface area contributed by atoms with Crippen LogP contribution in [0.15, 0.2) is 58.6 Å². The monoisotopic (exact) mass is 1050 g/mol. The molecule has 0 bridgehead atoms. The van der Waals surface area contributed by atoms with Crippen molar-refractivity contribution in [1.82, 2.24) is 40.2 Å². The van der Waals surface area contributed by atoms with Gasteiger partial charge in [-0.05, 0) is 63.8 Å². The number of hydrogen-bond acceptors (Lipinski definition) is 20. The van der Waals surface area contributed by atoms with Gasteiger partial charge in [-0.1, -0.05) is 0 Å². The van der Waals surface area contributed by atoms with Gasteiger partial charge in [-0.3, -0.25) is 28.8 Å². The van der Waals surface area contributed by atoms with Gasteiger partial charge in [-0.2, -0.15) is 20.7 Å². The fourth-order valence-corrected chi connectivity index (χ4v) is 9.31. The van der Waals surface area contributed by atoms with Crippen LogP contribution < -0.4 is 42.2 Å². The first kappa shape index (κ1) is 58.8. The molecule has 0 unspecified atom stereocenters. The Hall–Kier alpha value is -8.04. The Morgan fingerprint density at radius 3 is 1.36 bits per heavy atom. The molecule has 0 aliphatic carbocycles. The van der Waals surface area contributed by atoms with Crippen LogP contribution >= 0.6 is 0 Å². The van der Waals surface area contributed by atoms with Gasteiger partial charge in [0.25, 0.3) is 24.1 Å². The molecule has 26 heteroatoms. The number of ether oxygens (including phenoxy) is 2. The maximum atomic E-state index is 12.7. The summed E-state index contributed by atoms with van der Waals surface area (Å²) in [6.07, 6.45) is 11.0. The summed E-state index contributed by atoms with van der Waals surface area (Å²) in [6.45, 7) is 11.6. The van der Waals surface area contributed by atoms with Crippen LogP contribution in [0.4, 0.5) is 23.0 Å². The molecule has 8 rings (SSSR count). The quantitative estimate of drug-likeness (QED) is 0.0816. The van der Waals surface area contributed by atoms with Gasteiger partial charge in [-0.15, -0.1) is 0 Å². The molecule has 4 fully saturated rings. The molecule has 4 aliphatic heterocycles. The highest BCUT2D eigenvalue weighted by Gasteiger charge is 2.30. The Labute approximate surface area is 439 Å². The van der Waals surface area contributed by atoms with Crippen LogP contribution in [-0.4, -0.2) is 191 Å². The molecule has 0 spiro atoms. The first-order valence-electron chi connectivity index (χ1n) is 25.0. The van der Waals surface area contributed by atoms with Gasteiger partial charge in [-0.25, -0.2) is 20.2 Å². The summed E-state index contributed by atoms with van der Waals surface area (Å²) in [5, 5.41) is 44.4. The third kappa shape index (κ3) is 17.0. The minimum Gasteiger partial charge on any atom is -0.483 e. The molecular weight excluding hydrogens is 985 g/mol. The molecule has 4 aromatic rings. The Bertz CT molecular complexity index is 2500. The Kier molecular flexibility index (Phi) is 23.5. The van der Waals surface area contributed by atoms with Crippen LogP contribution in [0, 0.1) is 36.5 Å². The van der Waals surface area contributed by atoms with E-state index in [0.717, 1.165) is 61.8 Å². The lowest BCUT2D eigenvalue weighted by molar-refractivity contribution is -0.133. The lowest BCUT2D eigenvalue weighted by Crippen LogP contribution is -2.50. The second kappa shape index (κ2) is 30.4. The number of carboxylic acid groups (broad SMARTS) is 2. The number of carbonyl (C=O) groups excluding carboxylic acids is 2. The van der Waals surface area contributed by atoms with E-state index < -0.39 is 0 Å². The van der Waals surface area contributed by atoms with Crippen LogP contribution in [0.2, 0.25) is 0 Å². The highest BCUT2D eigenvalue weighted by atomic mass is 16.5. The molecule has 2 amide bonds. The van der Waals surface area contributed by atoms with Crippen molar-refractivity contribution in [3.8, 4) is 12.1 Å². The zero-order valence-corrected chi connectivity index (χ0v) is 42.9. The van der Waals surface area contributed by atoms with Crippen molar-refractivity contribution in [2.75, 3.05) is 111 Å². The van der Waals surface area contributed by atoms with E-state index in [0.29, 0.717) is 101 Å². The first-order valence-corrected chi connectivity index (χ1v) is 25.0. The third-order valence-electron chi connectivity index (χ3n) is 13.4. The van der Waals surface area contributed by atoms with Crippen molar-refractivity contribution >= 4 is 47.8 Å². The number of aromatic nitrogens is 6. The molecule has 4 saturated heterocycles. The summed E-state index contributed by atoms with van der Waals surface area (Å²) in [5.74, 6) is 1.68. The number of carbonyl (C=O) groups is 4. The van der Waals surface area contributed by atoms with Crippen molar-refractivity contribution in [2.45, 2.75) is 76.5 Å². The zero-order valence-electron chi connectivity index (χ0n) is 42.9. The predicted molar refractivity (Wildman–Crippen MR) is 280 cm³/mol. The largest absolute Gasteiger partial charge is 0.483 e. The van der Waals surface area contributed by atoms with Crippen LogP contribution in [0.25, 0.3) is 0 Å². The van der Waals surface area contributed by atoms with E-state index in [2.05, 4.69) is 62.1 Å². The number of amides is 2. The van der Waals surface area contributed by atoms with Gasteiger partial charge in [0.05, 0.1) is 73.4 Å². The number of anilines is 4. The van der Waals surface area contributed by atoms with E-state index in [4.69, 9.17) is 51.3 Å². The number of rotatable bonds is 16. The Morgan fingerprint density at radius 1 is 0.658 bits per heavy atom. The fourth-order valence-electron chi connectivity index (χ4n) is 9.31. The molecule has 4 aliphatic rings. The molecule has 8 N–H and O–H groups in total. The van der Waals surface area contributed by atoms with Gasteiger partial charge < -0.3 is 60.6 Å². The number of nitrogens with two attached hydrogens (primary N) is 2. The number of nitrogens with zero attached hydrogens (tertiary/aromatic N) is 12. The second-order valence-electron chi connectivity index (χ2n) is 18.4. The lowest BCUT2D eigenvalue weighted by Gasteiger charge is -2.35. The highest BCUT2D eigenvalue weighted by Crippen LogP contribution is 2.28. The number of nitriles is 2. The molecule has 76 heavy (non-hydrogen) atoms. The maximum absolute atomic E-state index is 12.7. The van der Waals surface area contributed by atoms with E-state index >= 15 is 0 Å². The molecule has 0 saturated carbocycles. The van der Waals surface area contributed by atoms with Crippen molar-refractivity contribution in [3.63, 3.8) is 0 Å². The van der Waals surface area contributed by atoms with Crippen LogP contribution in [0.3, 0.4) is 0 Å². The SMILES string of the molecule is Cc1c(N2CCC[C@H]2COC[C@@H](N)CC(=O)N2CCN(c3ccc(C#N)cn3)CC2)cn[nH]c1=O.Cc1c(N2CCC[C@H]2COC[C@H](N)CC(=O)N2CCN(c3ccc(C#N)cn3)CC2)cn[nH]c1=O.O=CO.O=CO. The topological polar surface area (TPSA) is 364 Å². The second-order valence-corrected chi connectivity index (χ2v) is 18.4. The van der Waals surface area contributed by atoms with Crippen molar-refractivity contribution < 1.29 is 38.9 Å². The minimum atomic E-state index is -0.376. The Balaban J connectivity index is 0.000000254. The zero-order chi connectivity index (χ0) is 55.0. The van der Waals surface area contributed by atoms with Crippen LogP contribution in [-0.2, 0) is 28.7 Å². The van der Waals surface area contributed by atoms with Crippen LogP contribution in [0.1, 0.15) is 60.8 Å². The van der Waals surface area contributed by atoms with Gasteiger partial charge in [0.1, 0.15) is 23.8 Å². The van der Waals surface area contributed by atoms with E-state index in [-0.39, 0.29) is 72.9 Å². The molecule has 0 radical (unpaired) electrons. The van der Waals surface area contributed by atoms with E-state index in [1.165, 1.54) is 0 Å². The number of H-pyrrole nitrogens is 2. The molecule has 0 aromatic carbocycles. The number of pyridine rings is 2. The normalized spacial score (nSPS) is 17.8. The summed E-state index contributed by atoms with van der Waals surface area (Å²) in [5.41, 5.74) is 16.1. The number of nitrogens with one attached hydrogen (secondary N) is 2. The van der Waals surface area contributed by atoms with Crippen molar-refractivity contribution in [3.05, 3.63) is 92.0 Å². The highest BCUT2D eigenvalue weighted by molar-refractivity contribution is 5.77. The standard InChI is InChI=1S/2C24H32N8O3.2CH2O2/c2*1-17-21(14-28-29-24(17)34)32-6-2-3-20(32)16-35-15-19(26)11-23(33)31-9-7-30(8-10-31)22-5-4-18(12-25)13-27-22;2*2-1-3/h2*4-5,13-14,19-20H,2-3,6-11,15-16,26H2,1H3,(H,29,34);2*1H,(H,2,3)/t19-,20+;19-,20-;;/m10../s1. The number of hydrogen-bond donors (Lipinski definition) is 6. The average molecular weight is 1050 g/mol. The summed E-state index contributed by atoms with van der Waals surface area (Å²) in [4.78, 5) is 86.9. The maximum Gasteiger partial charge on any atom is 0.290 e. The average Bonchev–Trinajstić information content (AvgIpc) is 4.11. The summed E-state index contributed by atoms with van der Waals surface area (Å²) in [7, 11) is 0. The van der Waals surface area contributed by atoms with Crippen molar-refractivity contribution in [1.29, 1.82) is 10.5 Å². The predicted octanol–water partition coefficient (Wildman–Crippen LogP) is 0.195. The van der Waals surface area contributed by atoms with Gasteiger partial charge in [0, 0.05) is 114 Å². The molecule has 408 valence electrons. The lowest BCUT2D eigenvalue weighted by atomic mass is 10.2. The van der Waals surface area contributed by atoms with Gasteiger partial charge >= 0.3 is 0 Å². The molecule has 4 atom stereocenters. The summed E-state index contributed by atoms with van der Waals surface area (Å²) < 4.78 is 11.8. The third-order valence-corrected chi connectivity index (χ3v) is 13.4. The van der Waals surface area contributed by atoms with Crippen LogP contribution in [0.5, 0.6) is 0 Å². The number of aromatic amines is 2. The van der Waals surface area contributed by atoms with Crippen molar-refractivity contribution in [2.24, 2.45) is 11.5 Å². The first-order chi connectivity index (χ1) is 36.7. The van der Waals surface area contributed by atoms with E-state index in [1.54, 1.807) is 50.8 Å². The fraction of sp³-hybridized carbons (Fsp3) is 0.520. The van der Waals surface area contributed by atoms with Gasteiger partial charge in [0.15, 0.2) is 0 Å². The summed E-state index contributed by atoms with van der Waals surface area (Å²) in [6, 6.07) is 10.9. The summed E-state index contributed by atoms with van der Waals surface area (Å²) >= 11 is 0. The van der Waals surface area contributed by atoms with E-state index in [9.17, 15) is 19.2 Å². The molecule has 4 aromatic heterocycles. The minimum absolute atomic E-state index is 0.0289. The molecular formula is C50H68N16O10. The smallest absolute Gasteiger partial charge is 0.290 e. The number of piperazine rings is 2. The van der Waals surface area contributed by atoms with Gasteiger partial charge in [0.2, 0.25) is 11.8 Å². The molecule has 8 heterocycles. The Morgan fingerprint density at radius 2 is 1.03 bits per heavy atom. The molecule has 26 nitrogen and oxygen atoms in total. The van der Waals surface area contributed by atoms with E-state index in [1.807, 2.05) is 21.9 Å².